The van der Waals surface area contributed by atoms with Gasteiger partial charge in [-0.2, -0.15) is 0 Å². The molecule has 0 fully saturated rings. The SMILES string of the molecule is Cl.O=C[C@H](O)[C@@H](O)[C@H](O)[C@H](O)CO.[H-].[H-].[K+].[Na+]. The van der Waals surface area contributed by atoms with Crippen molar-refractivity contribution in [3.8, 4) is 0 Å². The fourth-order valence-corrected chi connectivity index (χ4v) is 0.618. The minimum absolute atomic E-state index is 0. The number of hydrogen-bond donors (Lipinski definition) is 5. The Morgan fingerprint density at radius 2 is 1.53 bits per heavy atom. The fraction of sp³-hybridized carbons (Fsp3) is 0.833. The maximum absolute atomic E-state index is 9.90. The van der Waals surface area contributed by atoms with Crippen molar-refractivity contribution in [2.24, 2.45) is 0 Å². The maximum atomic E-state index is 9.90. The van der Waals surface area contributed by atoms with Gasteiger partial charge in [0.25, 0.3) is 0 Å². The Labute approximate surface area is 161 Å². The van der Waals surface area contributed by atoms with E-state index < -0.39 is 31.0 Å². The van der Waals surface area contributed by atoms with Crippen LogP contribution < -0.4 is 80.9 Å². The fourth-order valence-electron chi connectivity index (χ4n) is 0.618. The summed E-state index contributed by atoms with van der Waals surface area (Å²) >= 11 is 0. The second-order valence-electron chi connectivity index (χ2n) is 2.36. The van der Waals surface area contributed by atoms with Gasteiger partial charge in [-0.05, 0) is 0 Å². The molecule has 0 aliphatic rings. The van der Waals surface area contributed by atoms with E-state index in [-0.39, 0.29) is 102 Å². The predicted octanol–water partition coefficient (Wildman–Crippen LogP) is -8.72. The van der Waals surface area contributed by atoms with Crippen LogP contribution in [0.3, 0.4) is 0 Å². The zero-order valence-corrected chi connectivity index (χ0v) is 14.6. The summed E-state index contributed by atoms with van der Waals surface area (Å²) in [7, 11) is 0. The van der Waals surface area contributed by atoms with Crippen molar-refractivity contribution in [3.05, 3.63) is 0 Å². The van der Waals surface area contributed by atoms with Crippen LogP contribution in [0.1, 0.15) is 2.85 Å². The molecule has 0 aliphatic heterocycles. The van der Waals surface area contributed by atoms with Gasteiger partial charge in [0.1, 0.15) is 24.4 Å². The number of aldehydes is 1. The summed E-state index contributed by atoms with van der Waals surface area (Å²) in [5, 5.41) is 43.5. The van der Waals surface area contributed by atoms with Crippen LogP contribution in [0.2, 0.25) is 0 Å². The number of hydrogen-bond acceptors (Lipinski definition) is 6. The third kappa shape index (κ3) is 10.0. The normalized spacial score (nSPS) is 16.9. The summed E-state index contributed by atoms with van der Waals surface area (Å²) in [6, 6.07) is 0. The molecule has 0 aliphatic carbocycles. The van der Waals surface area contributed by atoms with Gasteiger partial charge < -0.3 is 33.2 Å². The Morgan fingerprint density at radius 3 is 1.80 bits per heavy atom. The second kappa shape index (κ2) is 14.5. The number of rotatable bonds is 5. The van der Waals surface area contributed by atoms with Crippen molar-refractivity contribution in [3.63, 3.8) is 0 Å². The van der Waals surface area contributed by atoms with Crippen LogP contribution in [0.15, 0.2) is 0 Å². The summed E-state index contributed by atoms with van der Waals surface area (Å²) in [5.74, 6) is 0. The van der Waals surface area contributed by atoms with E-state index in [2.05, 4.69) is 0 Å². The summed E-state index contributed by atoms with van der Waals surface area (Å²) in [4.78, 5) is 9.90. The molecule has 0 heterocycles. The van der Waals surface area contributed by atoms with Crippen LogP contribution in [-0.2, 0) is 4.79 Å². The molecule has 6 nitrogen and oxygen atoms in total. The molecule has 0 bridgehead atoms. The Bertz CT molecular complexity index is 162. The molecule has 0 amide bonds. The van der Waals surface area contributed by atoms with Gasteiger partial charge in [-0.25, -0.2) is 0 Å². The van der Waals surface area contributed by atoms with Gasteiger partial charge in [0.15, 0.2) is 6.29 Å². The summed E-state index contributed by atoms with van der Waals surface area (Å²) in [6.45, 7) is -0.760. The predicted molar refractivity (Wildman–Crippen MR) is 46.6 cm³/mol. The van der Waals surface area contributed by atoms with E-state index in [9.17, 15) is 4.79 Å². The Hall–Kier alpha value is 2.40. The zero-order chi connectivity index (χ0) is 9.72. The van der Waals surface area contributed by atoms with E-state index in [4.69, 9.17) is 25.5 Å². The van der Waals surface area contributed by atoms with Crippen LogP contribution >= 0.6 is 12.4 Å². The molecule has 0 aromatic rings. The number of carbonyl (C=O) groups is 1. The van der Waals surface area contributed by atoms with Crippen molar-refractivity contribution >= 4 is 18.7 Å². The molecule has 0 aromatic heterocycles. The largest absolute Gasteiger partial charge is 1.00 e. The van der Waals surface area contributed by atoms with Gasteiger partial charge in [-0.15, -0.1) is 12.4 Å². The van der Waals surface area contributed by atoms with Crippen LogP contribution in [0, 0.1) is 0 Å². The van der Waals surface area contributed by atoms with E-state index in [1.807, 2.05) is 0 Å². The smallest absolute Gasteiger partial charge is 1.00 e. The molecule has 0 radical (unpaired) electrons. The molecule has 0 saturated carbocycles. The van der Waals surface area contributed by atoms with Gasteiger partial charge in [-0.1, -0.05) is 0 Å². The van der Waals surface area contributed by atoms with Crippen molar-refractivity contribution in [2.75, 3.05) is 6.61 Å². The molecular formula is C6H15ClKNaO6. The first-order valence-corrected chi connectivity index (χ1v) is 3.33. The molecule has 4 atom stereocenters. The summed E-state index contributed by atoms with van der Waals surface area (Å²) in [6.07, 6.45) is -6.84. The van der Waals surface area contributed by atoms with E-state index >= 15 is 0 Å². The van der Waals surface area contributed by atoms with Crippen LogP contribution in [0.4, 0.5) is 0 Å². The number of aliphatic hydroxyl groups is 5. The van der Waals surface area contributed by atoms with Crippen LogP contribution in [-0.4, -0.2) is 62.8 Å². The van der Waals surface area contributed by atoms with Gasteiger partial charge in [0.2, 0.25) is 0 Å². The topological polar surface area (TPSA) is 118 Å². The average molecular weight is 281 g/mol. The first-order valence-electron chi connectivity index (χ1n) is 3.33. The second-order valence-corrected chi connectivity index (χ2v) is 2.36. The van der Waals surface area contributed by atoms with Crippen molar-refractivity contribution in [1.82, 2.24) is 0 Å². The summed E-state index contributed by atoms with van der Waals surface area (Å²) < 4.78 is 0. The first-order chi connectivity index (χ1) is 5.54. The van der Waals surface area contributed by atoms with Crippen molar-refractivity contribution in [1.29, 1.82) is 0 Å². The number of halogens is 1. The molecule has 5 N–H and O–H groups in total. The summed E-state index contributed by atoms with van der Waals surface area (Å²) in [5.41, 5.74) is 0. The van der Waals surface area contributed by atoms with Crippen molar-refractivity contribution in [2.45, 2.75) is 24.4 Å². The molecule has 84 valence electrons. The van der Waals surface area contributed by atoms with Gasteiger partial charge in [0, 0.05) is 0 Å². The monoisotopic (exact) mass is 280 g/mol. The average Bonchev–Trinajstić information content (AvgIpc) is 2.12. The van der Waals surface area contributed by atoms with E-state index in [1.165, 1.54) is 0 Å². The minimum Gasteiger partial charge on any atom is -1.00 e. The van der Waals surface area contributed by atoms with E-state index in [0.717, 1.165) is 0 Å². The van der Waals surface area contributed by atoms with Gasteiger partial charge in [0.05, 0.1) is 6.61 Å². The maximum Gasteiger partial charge on any atom is 1.00 e. The van der Waals surface area contributed by atoms with E-state index in [1.54, 1.807) is 0 Å². The quantitative estimate of drug-likeness (QED) is 0.252. The number of carbonyl (C=O) groups excluding carboxylic acids is 1. The molecule has 0 rings (SSSR count). The van der Waals surface area contributed by atoms with E-state index in [0.29, 0.717) is 0 Å². The first kappa shape index (κ1) is 26.1. The molecule has 9 heteroatoms. The number of aliphatic hydroxyl groups excluding tert-OH is 5. The molecule has 15 heavy (non-hydrogen) atoms. The Balaban J connectivity index is -0.0000000605. The zero-order valence-electron chi connectivity index (χ0n) is 10.6. The molecule has 0 saturated heterocycles. The van der Waals surface area contributed by atoms with Crippen LogP contribution in [0.25, 0.3) is 0 Å². The van der Waals surface area contributed by atoms with Crippen molar-refractivity contribution < 1.29 is 114 Å². The Morgan fingerprint density at radius 1 is 1.13 bits per heavy atom. The third-order valence-electron chi connectivity index (χ3n) is 1.42. The standard InChI is InChI=1S/C6H12O6.ClH.K.Na.2H/c7-1-3(9)5(11)6(12)4(10)2-8;;;;;/h1,3-6,8-12H,2H2;1H;;;;/q;;2*+1;2*-1/t3-,4+,5+,6+;;;;;/m0...../s1. The molecular weight excluding hydrogens is 266 g/mol. The van der Waals surface area contributed by atoms with Crippen LogP contribution in [0.5, 0.6) is 0 Å². The minimum atomic E-state index is -1.79. The van der Waals surface area contributed by atoms with Gasteiger partial charge >= 0.3 is 80.9 Å². The molecule has 0 spiro atoms. The molecule has 0 aromatic carbocycles. The molecule has 0 unspecified atom stereocenters. The van der Waals surface area contributed by atoms with Gasteiger partial charge in [-0.3, -0.25) is 0 Å². The third-order valence-corrected chi connectivity index (χ3v) is 1.42. The Kier molecular flexibility index (Phi) is 25.1.